The molecule has 0 saturated heterocycles. The summed E-state index contributed by atoms with van der Waals surface area (Å²) in [5, 5.41) is 7.39. The molecule has 2 heterocycles. The molecule has 0 radical (unpaired) electrons. The van der Waals surface area contributed by atoms with Crippen LogP contribution in [0.3, 0.4) is 0 Å². The summed E-state index contributed by atoms with van der Waals surface area (Å²) in [6.07, 6.45) is 0. The number of carbonyl (C=O) groups is 1. The highest BCUT2D eigenvalue weighted by Gasteiger charge is 2.17. The average Bonchev–Trinajstić information content (AvgIpc) is 3.54. The van der Waals surface area contributed by atoms with Crippen molar-refractivity contribution >= 4 is 28.6 Å². The van der Waals surface area contributed by atoms with Crippen LogP contribution in [-0.4, -0.2) is 38.1 Å². The number of nitrogens with zero attached hydrogens (tertiary/aromatic N) is 1. The first-order valence-electron chi connectivity index (χ1n) is 11.3. The number of amides is 1. The molecule has 4 rings (SSSR count). The minimum Gasteiger partial charge on any atom is -0.492 e. The van der Waals surface area contributed by atoms with Crippen LogP contribution in [0.5, 0.6) is 5.75 Å². The van der Waals surface area contributed by atoms with Crippen molar-refractivity contribution in [2.75, 3.05) is 27.2 Å². The van der Waals surface area contributed by atoms with Crippen LogP contribution < -0.4 is 10.1 Å². The van der Waals surface area contributed by atoms with Crippen molar-refractivity contribution in [3.63, 3.8) is 0 Å². The lowest BCUT2D eigenvalue weighted by Crippen LogP contribution is -2.27. The summed E-state index contributed by atoms with van der Waals surface area (Å²) in [5.41, 5.74) is 4.99. The fourth-order valence-electron chi connectivity index (χ4n) is 3.71. The molecule has 1 N–H and O–H groups in total. The van der Waals surface area contributed by atoms with Gasteiger partial charge in [-0.3, -0.25) is 4.79 Å². The van der Waals surface area contributed by atoms with Crippen LogP contribution in [0.25, 0.3) is 20.9 Å². The molecule has 1 atom stereocenters. The number of thiophene rings is 2. The van der Waals surface area contributed by atoms with Crippen LogP contribution in [0.1, 0.15) is 34.5 Å². The maximum absolute atomic E-state index is 13.2. The van der Waals surface area contributed by atoms with Gasteiger partial charge in [0.2, 0.25) is 0 Å². The lowest BCUT2D eigenvalue weighted by Gasteiger charge is -2.18. The minimum atomic E-state index is -0.149. The van der Waals surface area contributed by atoms with E-state index in [1.54, 1.807) is 22.7 Å². The smallest absolute Gasteiger partial charge is 0.252 e. The van der Waals surface area contributed by atoms with E-state index >= 15 is 0 Å². The molecule has 0 fully saturated rings. The zero-order chi connectivity index (χ0) is 24.1. The Kier molecular flexibility index (Phi) is 7.83. The number of carbonyl (C=O) groups excluding carboxylic acids is 1. The van der Waals surface area contributed by atoms with Crippen LogP contribution in [0.15, 0.2) is 71.4 Å². The fourth-order valence-corrected chi connectivity index (χ4v) is 5.14. The number of ether oxygens (including phenoxy) is 1. The Morgan fingerprint density at radius 2 is 1.62 bits per heavy atom. The number of nitrogens with one attached hydrogen (secondary N) is 1. The Labute approximate surface area is 209 Å². The molecule has 2 aromatic heterocycles. The normalized spacial score (nSPS) is 12.0. The van der Waals surface area contributed by atoms with E-state index < -0.39 is 0 Å². The summed E-state index contributed by atoms with van der Waals surface area (Å²) in [6.45, 7) is 5.39. The molecular weight excluding hydrogens is 460 g/mol. The van der Waals surface area contributed by atoms with Crippen molar-refractivity contribution in [1.29, 1.82) is 0 Å². The summed E-state index contributed by atoms with van der Waals surface area (Å²) in [6, 6.07) is 20.6. The molecule has 4 nitrogen and oxygen atoms in total. The first kappa shape index (κ1) is 24.2. The zero-order valence-corrected chi connectivity index (χ0v) is 21.6. The molecule has 2 aromatic carbocycles. The van der Waals surface area contributed by atoms with E-state index in [2.05, 4.69) is 63.4 Å². The standard InChI is InChI=1S/C28H30N2O2S2/c1-19-9-10-24(32-12-11-30(3)4)18-25(19)28(31)29-20(2)21-15-22(26-7-5-13-33-26)17-23(16-21)27-8-6-14-34-27/h5-10,13-18,20H,11-12H2,1-4H3,(H,29,31)/t20-/m1/s1. The van der Waals surface area contributed by atoms with Crippen molar-refractivity contribution < 1.29 is 9.53 Å². The highest BCUT2D eigenvalue weighted by molar-refractivity contribution is 7.14. The van der Waals surface area contributed by atoms with E-state index in [1.165, 1.54) is 20.9 Å². The zero-order valence-electron chi connectivity index (χ0n) is 20.0. The number of hydrogen-bond acceptors (Lipinski definition) is 5. The lowest BCUT2D eigenvalue weighted by atomic mass is 9.99. The SMILES string of the molecule is Cc1ccc(OCCN(C)C)cc1C(=O)N[C@H](C)c1cc(-c2cccs2)cc(-c2cccs2)c1. The van der Waals surface area contributed by atoms with Gasteiger partial charge < -0.3 is 15.0 Å². The second kappa shape index (κ2) is 11.0. The summed E-state index contributed by atoms with van der Waals surface area (Å²) in [7, 11) is 4.02. The van der Waals surface area contributed by atoms with Crippen LogP contribution in [-0.2, 0) is 0 Å². The van der Waals surface area contributed by atoms with Crippen molar-refractivity contribution in [1.82, 2.24) is 10.2 Å². The van der Waals surface area contributed by atoms with E-state index in [4.69, 9.17) is 4.74 Å². The van der Waals surface area contributed by atoms with Gasteiger partial charge in [0.15, 0.2) is 0 Å². The largest absolute Gasteiger partial charge is 0.492 e. The molecule has 1 amide bonds. The number of hydrogen-bond donors (Lipinski definition) is 1. The lowest BCUT2D eigenvalue weighted by molar-refractivity contribution is 0.0938. The fraction of sp³-hybridized carbons (Fsp3) is 0.250. The molecule has 6 heteroatoms. The third-order valence-electron chi connectivity index (χ3n) is 5.68. The molecule has 4 aromatic rings. The molecule has 0 aliphatic heterocycles. The predicted octanol–water partition coefficient (Wildman–Crippen LogP) is 6.88. The Bertz CT molecular complexity index is 1180. The summed E-state index contributed by atoms with van der Waals surface area (Å²) in [5.74, 6) is 0.618. The van der Waals surface area contributed by atoms with Gasteiger partial charge in [-0.15, -0.1) is 22.7 Å². The van der Waals surface area contributed by atoms with Gasteiger partial charge in [-0.05, 0) is 103 Å². The third kappa shape index (κ3) is 5.95. The molecule has 0 bridgehead atoms. The van der Waals surface area contributed by atoms with Gasteiger partial charge >= 0.3 is 0 Å². The van der Waals surface area contributed by atoms with Gasteiger partial charge in [-0.2, -0.15) is 0 Å². The second-order valence-electron chi connectivity index (χ2n) is 8.62. The average molecular weight is 491 g/mol. The van der Waals surface area contributed by atoms with Crippen LogP contribution in [0.2, 0.25) is 0 Å². The Hall–Kier alpha value is -2.93. The monoisotopic (exact) mass is 490 g/mol. The highest BCUT2D eigenvalue weighted by atomic mass is 32.1. The van der Waals surface area contributed by atoms with Gasteiger partial charge in [-0.1, -0.05) is 18.2 Å². The molecule has 0 aliphatic rings. The second-order valence-corrected chi connectivity index (χ2v) is 10.5. The Morgan fingerprint density at radius 3 is 2.18 bits per heavy atom. The molecule has 176 valence electrons. The number of rotatable bonds is 9. The maximum Gasteiger partial charge on any atom is 0.252 e. The summed E-state index contributed by atoms with van der Waals surface area (Å²) >= 11 is 3.45. The highest BCUT2D eigenvalue weighted by Crippen LogP contribution is 2.34. The molecule has 0 aliphatic carbocycles. The predicted molar refractivity (Wildman–Crippen MR) is 144 cm³/mol. The Morgan fingerprint density at radius 1 is 0.971 bits per heavy atom. The van der Waals surface area contributed by atoms with E-state index in [1.807, 2.05) is 46.1 Å². The third-order valence-corrected chi connectivity index (χ3v) is 7.51. The first-order chi connectivity index (χ1) is 16.4. The van der Waals surface area contributed by atoms with Gasteiger partial charge in [0.25, 0.3) is 5.91 Å². The topological polar surface area (TPSA) is 41.6 Å². The van der Waals surface area contributed by atoms with E-state index in [9.17, 15) is 4.79 Å². The molecule has 0 spiro atoms. The maximum atomic E-state index is 13.2. The van der Waals surface area contributed by atoms with E-state index in [0.717, 1.165) is 17.7 Å². The van der Waals surface area contributed by atoms with Crippen molar-refractivity contribution in [3.05, 3.63) is 88.1 Å². The summed E-state index contributed by atoms with van der Waals surface area (Å²) in [4.78, 5) is 17.7. The van der Waals surface area contributed by atoms with Gasteiger partial charge in [0.1, 0.15) is 12.4 Å². The van der Waals surface area contributed by atoms with E-state index in [0.29, 0.717) is 17.9 Å². The van der Waals surface area contributed by atoms with Crippen molar-refractivity contribution in [2.24, 2.45) is 0 Å². The number of benzene rings is 2. The number of likely N-dealkylation sites (N-methyl/N-ethyl adjacent to an activating group) is 1. The van der Waals surface area contributed by atoms with Crippen molar-refractivity contribution in [3.8, 4) is 26.6 Å². The quantitative estimate of drug-likeness (QED) is 0.278. The van der Waals surface area contributed by atoms with Crippen molar-refractivity contribution in [2.45, 2.75) is 19.9 Å². The van der Waals surface area contributed by atoms with E-state index in [-0.39, 0.29) is 11.9 Å². The van der Waals surface area contributed by atoms with Gasteiger partial charge in [0.05, 0.1) is 6.04 Å². The van der Waals surface area contributed by atoms with Gasteiger partial charge in [-0.25, -0.2) is 0 Å². The van der Waals surface area contributed by atoms with Crippen LogP contribution >= 0.6 is 22.7 Å². The molecule has 0 unspecified atom stereocenters. The van der Waals surface area contributed by atoms with Gasteiger partial charge in [0, 0.05) is 21.9 Å². The number of aryl methyl sites for hydroxylation is 1. The molecule has 0 saturated carbocycles. The Balaban J connectivity index is 1.56. The van der Waals surface area contributed by atoms with Crippen LogP contribution in [0.4, 0.5) is 0 Å². The minimum absolute atomic E-state index is 0.0951. The molecular formula is C28H30N2O2S2. The molecule has 34 heavy (non-hydrogen) atoms. The summed E-state index contributed by atoms with van der Waals surface area (Å²) < 4.78 is 5.85. The van der Waals surface area contributed by atoms with Crippen LogP contribution in [0, 0.1) is 6.92 Å². The first-order valence-corrected chi connectivity index (χ1v) is 13.1.